The molecular weight excluding hydrogens is 322 g/mol. The minimum absolute atomic E-state index is 0.376. The van der Waals surface area contributed by atoms with Crippen molar-refractivity contribution >= 4 is 0 Å². The van der Waals surface area contributed by atoms with Crippen molar-refractivity contribution in [2.75, 3.05) is 13.1 Å². The van der Waals surface area contributed by atoms with Crippen molar-refractivity contribution in [3.05, 3.63) is 0 Å². The Labute approximate surface area is 164 Å². The molecule has 0 aliphatic rings. The van der Waals surface area contributed by atoms with Crippen molar-refractivity contribution in [3.63, 3.8) is 0 Å². The van der Waals surface area contributed by atoms with E-state index in [-0.39, 0.29) is 6.10 Å². The van der Waals surface area contributed by atoms with Crippen LogP contribution in [0, 0.1) is 0 Å². The lowest BCUT2D eigenvalue weighted by atomic mass is 10.0. The Morgan fingerprint density at radius 3 is 1.42 bits per heavy atom. The number of nitrogens with zero attached hydrogens (tertiary/aromatic N) is 1. The molecule has 0 spiro atoms. The smallest absolute Gasteiger partial charge is 0.0690 e. The van der Waals surface area contributed by atoms with Crippen LogP contribution in [0.5, 0.6) is 0 Å². The maximum Gasteiger partial charge on any atom is 0.0690 e. The molecule has 0 aliphatic heterocycles. The first-order chi connectivity index (χ1) is 12.7. The summed E-state index contributed by atoms with van der Waals surface area (Å²) < 4.78 is 0. The largest absolute Gasteiger partial charge is 0.392 e. The summed E-state index contributed by atoms with van der Waals surface area (Å²) in [5.74, 6) is 0. The average Bonchev–Trinajstić information content (AvgIpc) is 2.62. The summed E-state index contributed by atoms with van der Waals surface area (Å²) in [6.45, 7) is 5.53. The molecule has 0 heterocycles. The highest BCUT2D eigenvalue weighted by Gasteiger charge is 2.09. The van der Waals surface area contributed by atoms with Crippen LogP contribution >= 0.6 is 0 Å². The molecule has 0 amide bonds. The quantitative estimate of drug-likeness (QED) is 0.167. The van der Waals surface area contributed by atoms with Gasteiger partial charge in [0.15, 0.2) is 0 Å². The number of hydrogen-bond donors (Lipinski definition) is 2. The molecule has 0 fully saturated rings. The maximum absolute atomic E-state index is 9.97. The van der Waals surface area contributed by atoms with Crippen LogP contribution in [0.15, 0.2) is 0 Å². The van der Waals surface area contributed by atoms with Gasteiger partial charge in [-0.15, -0.1) is 0 Å². The van der Waals surface area contributed by atoms with Crippen molar-refractivity contribution in [1.82, 2.24) is 5.06 Å². The zero-order chi connectivity index (χ0) is 19.3. The SMILES string of the molecule is CCCCCCCCCCCCCCCCC(O)CN(O)CCCCC. The number of rotatable bonds is 21. The van der Waals surface area contributed by atoms with Crippen molar-refractivity contribution in [2.24, 2.45) is 0 Å². The van der Waals surface area contributed by atoms with E-state index in [4.69, 9.17) is 0 Å². The summed E-state index contributed by atoms with van der Waals surface area (Å²) >= 11 is 0. The van der Waals surface area contributed by atoms with Gasteiger partial charge in [0.2, 0.25) is 0 Å². The lowest BCUT2D eigenvalue weighted by Crippen LogP contribution is -2.30. The number of aliphatic hydroxyl groups excluding tert-OH is 1. The Balaban J connectivity index is 3.20. The van der Waals surface area contributed by atoms with Crippen molar-refractivity contribution in [2.45, 2.75) is 136 Å². The molecule has 0 aromatic carbocycles. The summed E-state index contributed by atoms with van der Waals surface area (Å²) in [7, 11) is 0. The van der Waals surface area contributed by atoms with Gasteiger partial charge in [-0.3, -0.25) is 0 Å². The molecule has 1 atom stereocenters. The Morgan fingerprint density at radius 1 is 0.577 bits per heavy atom. The minimum atomic E-state index is -0.376. The van der Waals surface area contributed by atoms with Gasteiger partial charge in [0.05, 0.1) is 6.10 Å². The van der Waals surface area contributed by atoms with Gasteiger partial charge < -0.3 is 10.3 Å². The van der Waals surface area contributed by atoms with Gasteiger partial charge in [-0.2, -0.15) is 5.06 Å². The zero-order valence-electron chi connectivity index (χ0n) is 18.1. The molecule has 0 radical (unpaired) electrons. The summed E-state index contributed by atoms with van der Waals surface area (Å²) in [4.78, 5) is 0. The highest BCUT2D eigenvalue weighted by atomic mass is 16.5. The topological polar surface area (TPSA) is 43.7 Å². The molecule has 2 N–H and O–H groups in total. The van der Waals surface area contributed by atoms with E-state index < -0.39 is 0 Å². The molecule has 0 aromatic rings. The molecule has 0 bridgehead atoms. The van der Waals surface area contributed by atoms with Crippen LogP contribution in [-0.4, -0.2) is 34.6 Å². The van der Waals surface area contributed by atoms with E-state index in [2.05, 4.69) is 13.8 Å². The number of aliphatic hydroxyl groups is 1. The van der Waals surface area contributed by atoms with Gasteiger partial charge in [-0.05, 0) is 12.8 Å². The highest BCUT2D eigenvalue weighted by molar-refractivity contribution is 4.59. The third-order valence-corrected chi connectivity index (χ3v) is 5.33. The fourth-order valence-corrected chi connectivity index (χ4v) is 3.54. The van der Waals surface area contributed by atoms with Gasteiger partial charge in [0.1, 0.15) is 0 Å². The Morgan fingerprint density at radius 2 is 0.962 bits per heavy atom. The van der Waals surface area contributed by atoms with Gasteiger partial charge in [0.25, 0.3) is 0 Å². The maximum atomic E-state index is 9.97. The third kappa shape index (κ3) is 20.2. The predicted octanol–water partition coefficient (Wildman–Crippen LogP) is 7.10. The van der Waals surface area contributed by atoms with Crippen LogP contribution in [0.3, 0.4) is 0 Å². The van der Waals surface area contributed by atoms with Crippen LogP contribution in [0.1, 0.15) is 129 Å². The van der Waals surface area contributed by atoms with E-state index in [1.165, 1.54) is 88.5 Å². The molecule has 3 nitrogen and oxygen atoms in total. The second-order valence-corrected chi connectivity index (χ2v) is 8.16. The standard InChI is InChI=1S/C23H49NO2/c1-3-5-7-8-9-10-11-12-13-14-15-16-17-18-20-23(25)22-24(26)21-19-6-4-2/h23,25-26H,3-22H2,1-2H3. The van der Waals surface area contributed by atoms with Crippen molar-refractivity contribution in [1.29, 1.82) is 0 Å². The van der Waals surface area contributed by atoms with E-state index in [9.17, 15) is 10.3 Å². The van der Waals surface area contributed by atoms with Crippen molar-refractivity contribution < 1.29 is 10.3 Å². The van der Waals surface area contributed by atoms with Crippen LogP contribution in [-0.2, 0) is 0 Å². The van der Waals surface area contributed by atoms with Crippen LogP contribution in [0.2, 0.25) is 0 Å². The average molecular weight is 372 g/mol. The summed E-state index contributed by atoms with van der Waals surface area (Å²) in [5, 5.41) is 21.0. The highest BCUT2D eigenvalue weighted by Crippen LogP contribution is 2.14. The monoisotopic (exact) mass is 371 g/mol. The summed E-state index contributed by atoms with van der Waals surface area (Å²) in [6.07, 6.45) is 22.8. The molecule has 0 saturated carbocycles. The first kappa shape index (κ1) is 25.9. The molecule has 26 heavy (non-hydrogen) atoms. The zero-order valence-corrected chi connectivity index (χ0v) is 18.1. The first-order valence-electron chi connectivity index (χ1n) is 11.8. The molecule has 0 aliphatic carbocycles. The Bertz CT molecular complexity index is 261. The molecule has 0 saturated heterocycles. The van der Waals surface area contributed by atoms with Gasteiger partial charge in [0, 0.05) is 13.1 Å². The van der Waals surface area contributed by atoms with E-state index in [1.54, 1.807) is 0 Å². The van der Waals surface area contributed by atoms with Crippen LogP contribution < -0.4 is 0 Å². The Hall–Kier alpha value is -0.120. The number of hydroxylamine groups is 2. The molecule has 0 rings (SSSR count). The van der Waals surface area contributed by atoms with E-state index in [0.29, 0.717) is 13.1 Å². The molecule has 1 unspecified atom stereocenters. The van der Waals surface area contributed by atoms with Crippen LogP contribution in [0.25, 0.3) is 0 Å². The van der Waals surface area contributed by atoms with E-state index in [0.717, 1.165) is 32.1 Å². The van der Waals surface area contributed by atoms with Gasteiger partial charge in [-0.1, -0.05) is 117 Å². The summed E-state index contributed by atoms with van der Waals surface area (Å²) in [5.41, 5.74) is 0. The second kappa shape index (κ2) is 21.2. The number of unbranched alkanes of at least 4 members (excludes halogenated alkanes) is 15. The van der Waals surface area contributed by atoms with E-state index >= 15 is 0 Å². The van der Waals surface area contributed by atoms with Crippen molar-refractivity contribution in [3.8, 4) is 0 Å². The Kier molecular flexibility index (Phi) is 21.1. The lowest BCUT2D eigenvalue weighted by molar-refractivity contribution is -0.114. The fraction of sp³-hybridized carbons (Fsp3) is 1.00. The molecular formula is C23H49NO2. The molecule has 3 heteroatoms. The predicted molar refractivity (Wildman–Crippen MR) is 114 cm³/mol. The minimum Gasteiger partial charge on any atom is -0.392 e. The molecule has 0 aromatic heterocycles. The summed E-state index contributed by atoms with van der Waals surface area (Å²) in [6, 6.07) is 0. The second-order valence-electron chi connectivity index (χ2n) is 8.16. The van der Waals surface area contributed by atoms with Gasteiger partial charge in [-0.25, -0.2) is 0 Å². The van der Waals surface area contributed by atoms with E-state index in [1.807, 2.05) is 0 Å². The fourth-order valence-electron chi connectivity index (χ4n) is 3.54. The molecule has 158 valence electrons. The van der Waals surface area contributed by atoms with Gasteiger partial charge >= 0.3 is 0 Å². The third-order valence-electron chi connectivity index (χ3n) is 5.33. The number of hydrogen-bond acceptors (Lipinski definition) is 3. The normalized spacial score (nSPS) is 12.8. The lowest BCUT2D eigenvalue weighted by Gasteiger charge is -2.18. The first-order valence-corrected chi connectivity index (χ1v) is 11.8. The van der Waals surface area contributed by atoms with Crippen LogP contribution in [0.4, 0.5) is 0 Å².